The van der Waals surface area contributed by atoms with E-state index in [1.165, 1.54) is 0 Å². The van der Waals surface area contributed by atoms with E-state index < -0.39 is 5.91 Å². The molecule has 3 rings (SSSR count). The van der Waals surface area contributed by atoms with Crippen molar-refractivity contribution < 1.29 is 14.4 Å². The number of aromatic nitrogens is 1. The quantitative estimate of drug-likeness (QED) is 0.728. The molecule has 3 amide bonds. The van der Waals surface area contributed by atoms with Crippen LogP contribution in [-0.4, -0.2) is 39.6 Å². The van der Waals surface area contributed by atoms with Crippen molar-refractivity contribution in [2.45, 2.75) is 20.4 Å². The smallest absolute Gasteiger partial charge is 0.290 e. The summed E-state index contributed by atoms with van der Waals surface area (Å²) in [7, 11) is 0. The molecule has 0 radical (unpaired) electrons. The second-order valence-electron chi connectivity index (χ2n) is 5.79. The molecule has 1 N–H and O–H groups in total. The van der Waals surface area contributed by atoms with Crippen LogP contribution in [0.3, 0.4) is 0 Å². The molecule has 2 heterocycles. The third-order valence-electron chi connectivity index (χ3n) is 4.22. The van der Waals surface area contributed by atoms with Crippen LogP contribution in [0.25, 0.3) is 17.0 Å². The summed E-state index contributed by atoms with van der Waals surface area (Å²) < 4.78 is 2.78. The number of nitrogens with zero attached hydrogens (tertiary/aromatic N) is 2. The lowest BCUT2D eigenvalue weighted by Gasteiger charge is -2.19. The zero-order chi connectivity index (χ0) is 18.8. The van der Waals surface area contributed by atoms with Crippen LogP contribution in [0.4, 0.5) is 4.79 Å². The van der Waals surface area contributed by atoms with Crippen molar-refractivity contribution in [2.75, 3.05) is 13.1 Å². The zero-order valence-corrected chi connectivity index (χ0v) is 16.8. The Hall–Kier alpha value is -2.06. The lowest BCUT2D eigenvalue weighted by molar-refractivity contribution is -0.131. The van der Waals surface area contributed by atoms with Gasteiger partial charge >= 0.3 is 0 Å². The maximum atomic E-state index is 12.5. The topological polar surface area (TPSA) is 71.4 Å². The van der Waals surface area contributed by atoms with Crippen molar-refractivity contribution in [3.05, 3.63) is 39.3 Å². The molecule has 1 aromatic carbocycles. The third-order valence-corrected chi connectivity index (χ3v) is 5.53. The number of thioether (sulfide) groups is 1. The fourth-order valence-electron chi connectivity index (χ4n) is 2.93. The number of halogens is 1. The average molecular weight is 436 g/mol. The monoisotopic (exact) mass is 435 g/mol. The van der Waals surface area contributed by atoms with Gasteiger partial charge in [0.05, 0.1) is 4.91 Å². The summed E-state index contributed by atoms with van der Waals surface area (Å²) in [5.74, 6) is -0.354. The van der Waals surface area contributed by atoms with E-state index in [1.807, 2.05) is 42.8 Å². The summed E-state index contributed by atoms with van der Waals surface area (Å²) >= 11 is 4.34. The molecule has 6 nitrogen and oxygen atoms in total. The van der Waals surface area contributed by atoms with Crippen LogP contribution in [0.1, 0.15) is 19.4 Å². The molecular weight excluding hydrogens is 418 g/mol. The summed E-state index contributed by atoms with van der Waals surface area (Å²) in [6.45, 7) is 5.46. The van der Waals surface area contributed by atoms with E-state index in [0.717, 1.165) is 32.7 Å². The second-order valence-corrected chi connectivity index (χ2v) is 7.72. The van der Waals surface area contributed by atoms with E-state index in [-0.39, 0.29) is 17.7 Å². The van der Waals surface area contributed by atoms with Gasteiger partial charge in [0.15, 0.2) is 0 Å². The van der Waals surface area contributed by atoms with Gasteiger partial charge in [-0.3, -0.25) is 19.7 Å². The highest BCUT2D eigenvalue weighted by Gasteiger charge is 2.25. The van der Waals surface area contributed by atoms with E-state index >= 15 is 0 Å². The predicted molar refractivity (Wildman–Crippen MR) is 107 cm³/mol. The van der Waals surface area contributed by atoms with Gasteiger partial charge in [-0.25, -0.2) is 0 Å². The van der Waals surface area contributed by atoms with Crippen LogP contribution in [0.2, 0.25) is 0 Å². The molecule has 0 aliphatic carbocycles. The Morgan fingerprint density at radius 1 is 1.31 bits per heavy atom. The number of likely N-dealkylation sites (N-methyl/N-ethyl adjacent to an activating group) is 1. The third kappa shape index (κ3) is 3.71. The Morgan fingerprint density at radius 2 is 2.04 bits per heavy atom. The van der Waals surface area contributed by atoms with Gasteiger partial charge < -0.3 is 9.47 Å². The molecule has 0 atom stereocenters. The Kier molecular flexibility index (Phi) is 5.52. The molecule has 0 unspecified atom stereocenters. The van der Waals surface area contributed by atoms with Gasteiger partial charge in [0, 0.05) is 40.2 Å². The molecule has 0 bridgehead atoms. The minimum atomic E-state index is -0.393. The van der Waals surface area contributed by atoms with E-state index in [9.17, 15) is 14.4 Å². The Balaban J connectivity index is 2.03. The molecule has 1 aromatic heterocycles. The molecule has 8 heteroatoms. The van der Waals surface area contributed by atoms with Crippen molar-refractivity contribution in [1.29, 1.82) is 0 Å². The molecular formula is C18H18BrN3O3S. The summed E-state index contributed by atoms with van der Waals surface area (Å²) in [5.41, 5.74) is 1.69. The molecule has 1 saturated heterocycles. The summed E-state index contributed by atoms with van der Waals surface area (Å²) in [6.07, 6.45) is 3.54. The van der Waals surface area contributed by atoms with Gasteiger partial charge in [-0.2, -0.15) is 0 Å². The first kappa shape index (κ1) is 18.7. The van der Waals surface area contributed by atoms with Crippen LogP contribution in [0, 0.1) is 0 Å². The average Bonchev–Trinajstić information content (AvgIpc) is 3.08. The lowest BCUT2D eigenvalue weighted by Crippen LogP contribution is -2.33. The van der Waals surface area contributed by atoms with Gasteiger partial charge in [0.25, 0.3) is 11.1 Å². The van der Waals surface area contributed by atoms with Gasteiger partial charge in [-0.1, -0.05) is 15.9 Å². The number of imide groups is 1. The van der Waals surface area contributed by atoms with Crippen molar-refractivity contribution in [2.24, 2.45) is 0 Å². The summed E-state index contributed by atoms with van der Waals surface area (Å²) in [4.78, 5) is 37.9. The maximum absolute atomic E-state index is 12.5. The molecule has 2 aromatic rings. The van der Waals surface area contributed by atoms with Crippen LogP contribution in [0.5, 0.6) is 0 Å². The highest BCUT2D eigenvalue weighted by atomic mass is 79.9. The number of benzene rings is 1. The first-order chi connectivity index (χ1) is 12.4. The van der Waals surface area contributed by atoms with Crippen molar-refractivity contribution >= 4 is 61.7 Å². The Bertz CT molecular complexity index is 931. The molecule has 1 aliphatic heterocycles. The standard InChI is InChI=1S/C18H18BrN3O3S/c1-3-21(4-2)16(23)10-22-9-11(7-15-17(24)20-18(25)26-15)13-8-12(19)5-6-14(13)22/h5-9H,3-4,10H2,1-2H3,(H,20,24,25)/b15-7-. The lowest BCUT2D eigenvalue weighted by atomic mass is 10.1. The fourth-order valence-corrected chi connectivity index (χ4v) is 3.96. The first-order valence-corrected chi connectivity index (χ1v) is 9.85. The van der Waals surface area contributed by atoms with Gasteiger partial charge in [0.2, 0.25) is 5.91 Å². The van der Waals surface area contributed by atoms with Crippen molar-refractivity contribution in [3.8, 4) is 0 Å². The van der Waals surface area contributed by atoms with Crippen LogP contribution < -0.4 is 5.32 Å². The largest absolute Gasteiger partial charge is 0.342 e. The zero-order valence-electron chi connectivity index (χ0n) is 14.4. The first-order valence-electron chi connectivity index (χ1n) is 8.24. The van der Waals surface area contributed by atoms with Crippen molar-refractivity contribution in [3.63, 3.8) is 0 Å². The maximum Gasteiger partial charge on any atom is 0.290 e. The van der Waals surface area contributed by atoms with Crippen LogP contribution >= 0.6 is 27.7 Å². The van der Waals surface area contributed by atoms with Gasteiger partial charge in [-0.15, -0.1) is 0 Å². The molecule has 1 fully saturated rings. The summed E-state index contributed by atoms with van der Waals surface area (Å²) in [6, 6.07) is 5.79. The number of hydrogen-bond acceptors (Lipinski definition) is 4. The number of rotatable bonds is 5. The van der Waals surface area contributed by atoms with Crippen LogP contribution in [-0.2, 0) is 16.1 Å². The Morgan fingerprint density at radius 3 is 2.65 bits per heavy atom. The normalized spacial score (nSPS) is 15.7. The van der Waals surface area contributed by atoms with Gasteiger partial charge in [-0.05, 0) is 49.9 Å². The number of fused-ring (bicyclic) bond motifs is 1. The minimum absolute atomic E-state index is 0.0391. The fraction of sp³-hybridized carbons (Fsp3) is 0.278. The molecule has 136 valence electrons. The highest BCUT2D eigenvalue weighted by molar-refractivity contribution is 9.10. The minimum Gasteiger partial charge on any atom is -0.342 e. The SMILES string of the molecule is CCN(CC)C(=O)Cn1cc(/C=C2\SC(=O)NC2=O)c2cc(Br)ccc21. The van der Waals surface area contributed by atoms with Crippen molar-refractivity contribution in [1.82, 2.24) is 14.8 Å². The van der Waals surface area contributed by atoms with E-state index in [4.69, 9.17) is 0 Å². The number of carbonyl (C=O) groups excluding carboxylic acids is 3. The van der Waals surface area contributed by atoms with E-state index in [1.54, 1.807) is 11.0 Å². The number of amides is 3. The van der Waals surface area contributed by atoms with E-state index in [0.29, 0.717) is 18.0 Å². The molecule has 1 aliphatic rings. The predicted octanol–water partition coefficient (Wildman–Crippen LogP) is 3.60. The summed E-state index contributed by atoms with van der Waals surface area (Å²) in [5, 5.41) is 2.79. The van der Waals surface area contributed by atoms with Gasteiger partial charge in [0.1, 0.15) is 6.54 Å². The van der Waals surface area contributed by atoms with Crippen LogP contribution in [0.15, 0.2) is 33.8 Å². The molecule has 0 spiro atoms. The highest BCUT2D eigenvalue weighted by Crippen LogP contribution is 2.31. The Labute approximate surface area is 163 Å². The molecule has 26 heavy (non-hydrogen) atoms. The second kappa shape index (κ2) is 7.67. The van der Waals surface area contributed by atoms with E-state index in [2.05, 4.69) is 21.2 Å². The number of carbonyl (C=O) groups is 3. The number of nitrogens with one attached hydrogen (secondary N) is 1. The number of hydrogen-bond donors (Lipinski definition) is 1. The molecule has 0 saturated carbocycles.